The highest BCUT2D eigenvalue weighted by Crippen LogP contribution is 2.33. The van der Waals surface area contributed by atoms with Crippen LogP contribution in [0.3, 0.4) is 0 Å². The molecule has 1 aliphatic carbocycles. The van der Waals surface area contributed by atoms with Gasteiger partial charge in [0.15, 0.2) is 0 Å². The van der Waals surface area contributed by atoms with Crippen molar-refractivity contribution < 1.29 is 0 Å². The van der Waals surface area contributed by atoms with E-state index in [0.29, 0.717) is 12.0 Å². The molecule has 21 heavy (non-hydrogen) atoms. The summed E-state index contributed by atoms with van der Waals surface area (Å²) in [5.41, 5.74) is 4.24. The van der Waals surface area contributed by atoms with Gasteiger partial charge in [-0.3, -0.25) is 4.68 Å². The number of hydrogen-bond donors (Lipinski definition) is 1. The molecule has 2 unspecified atom stereocenters. The maximum absolute atomic E-state index is 4.65. The van der Waals surface area contributed by atoms with Crippen molar-refractivity contribution in [1.29, 1.82) is 0 Å². The number of rotatable bonds is 5. The van der Waals surface area contributed by atoms with Crippen LogP contribution in [0.1, 0.15) is 42.6 Å². The minimum atomic E-state index is 0.375. The molecule has 0 aliphatic heterocycles. The third-order valence-electron chi connectivity index (χ3n) is 4.52. The predicted molar refractivity (Wildman–Crippen MR) is 86.2 cm³/mol. The van der Waals surface area contributed by atoms with Crippen LogP contribution in [0.5, 0.6) is 0 Å². The smallest absolute Gasteiger partial charge is 0.0796 e. The molecule has 3 rings (SSSR count). The Kier molecular flexibility index (Phi) is 4.39. The van der Waals surface area contributed by atoms with Crippen LogP contribution >= 0.6 is 0 Å². The second kappa shape index (κ2) is 6.44. The van der Waals surface area contributed by atoms with Gasteiger partial charge in [0.2, 0.25) is 0 Å². The predicted octanol–water partition coefficient (Wildman–Crippen LogP) is 3.27. The van der Waals surface area contributed by atoms with Gasteiger partial charge in [-0.1, -0.05) is 31.2 Å². The molecule has 0 spiro atoms. The van der Waals surface area contributed by atoms with Gasteiger partial charge in [-0.05, 0) is 55.3 Å². The first-order chi connectivity index (χ1) is 10.3. The molecule has 1 aromatic heterocycles. The van der Waals surface area contributed by atoms with Crippen molar-refractivity contribution >= 4 is 0 Å². The van der Waals surface area contributed by atoms with E-state index in [4.69, 9.17) is 0 Å². The van der Waals surface area contributed by atoms with Crippen molar-refractivity contribution in [3.05, 3.63) is 53.3 Å². The van der Waals surface area contributed by atoms with E-state index in [1.807, 2.05) is 17.9 Å². The quantitative estimate of drug-likeness (QED) is 0.912. The van der Waals surface area contributed by atoms with Gasteiger partial charge in [0.25, 0.3) is 0 Å². The normalized spacial score (nSPS) is 19.2. The van der Waals surface area contributed by atoms with Gasteiger partial charge in [0.05, 0.1) is 11.7 Å². The molecule has 0 radical (unpaired) electrons. The van der Waals surface area contributed by atoms with Gasteiger partial charge in [-0.15, -0.1) is 0 Å². The van der Waals surface area contributed by atoms with Gasteiger partial charge < -0.3 is 5.32 Å². The molecule has 0 bridgehead atoms. The first-order valence-corrected chi connectivity index (χ1v) is 8.07. The van der Waals surface area contributed by atoms with Gasteiger partial charge in [0, 0.05) is 13.2 Å². The minimum Gasteiger partial charge on any atom is -0.308 e. The topological polar surface area (TPSA) is 29.9 Å². The Morgan fingerprint density at radius 3 is 2.81 bits per heavy atom. The first kappa shape index (κ1) is 14.3. The summed E-state index contributed by atoms with van der Waals surface area (Å²) in [7, 11) is 2.00. The summed E-state index contributed by atoms with van der Waals surface area (Å²) < 4.78 is 1.91. The minimum absolute atomic E-state index is 0.375. The lowest BCUT2D eigenvalue weighted by molar-refractivity contribution is 0.319. The number of aryl methyl sites for hydroxylation is 2. The first-order valence-electron chi connectivity index (χ1n) is 8.07. The number of nitrogens with zero attached hydrogens (tertiary/aromatic N) is 2. The summed E-state index contributed by atoms with van der Waals surface area (Å²) >= 11 is 0. The standard InChI is InChI=1S/C18H25N3/c1-3-11-19-18(17-10-12-21(2)20-17)16-9-8-14-6-4-5-7-15(14)13-16/h4-7,10,12,16,18-19H,3,8-9,11,13H2,1-2H3. The summed E-state index contributed by atoms with van der Waals surface area (Å²) in [4.78, 5) is 0. The van der Waals surface area contributed by atoms with Crippen molar-refractivity contribution in [2.45, 2.75) is 38.6 Å². The maximum Gasteiger partial charge on any atom is 0.0796 e. The van der Waals surface area contributed by atoms with E-state index in [-0.39, 0.29) is 0 Å². The van der Waals surface area contributed by atoms with Crippen molar-refractivity contribution in [3.63, 3.8) is 0 Å². The fraction of sp³-hybridized carbons (Fsp3) is 0.500. The summed E-state index contributed by atoms with van der Waals surface area (Å²) in [5, 5.41) is 8.37. The molecule has 1 N–H and O–H groups in total. The highest BCUT2D eigenvalue weighted by Gasteiger charge is 2.28. The molecule has 3 heteroatoms. The third kappa shape index (κ3) is 3.18. The van der Waals surface area contributed by atoms with Crippen molar-refractivity contribution in [1.82, 2.24) is 15.1 Å². The Bertz CT molecular complexity index is 588. The Morgan fingerprint density at radius 1 is 1.29 bits per heavy atom. The van der Waals surface area contributed by atoms with E-state index in [0.717, 1.165) is 19.4 Å². The number of nitrogens with one attached hydrogen (secondary N) is 1. The molecule has 1 aliphatic rings. The fourth-order valence-electron chi connectivity index (χ4n) is 3.42. The van der Waals surface area contributed by atoms with Crippen molar-refractivity contribution in [2.75, 3.05) is 6.54 Å². The van der Waals surface area contributed by atoms with Crippen LogP contribution in [-0.4, -0.2) is 16.3 Å². The Balaban J connectivity index is 1.81. The molecule has 1 heterocycles. The average Bonchev–Trinajstić information content (AvgIpc) is 2.94. The molecular formula is C18H25N3. The van der Waals surface area contributed by atoms with E-state index in [1.165, 1.54) is 29.7 Å². The highest BCUT2D eigenvalue weighted by molar-refractivity contribution is 5.30. The zero-order valence-corrected chi connectivity index (χ0v) is 13.0. The molecular weight excluding hydrogens is 258 g/mol. The summed E-state index contributed by atoms with van der Waals surface area (Å²) in [5.74, 6) is 0.640. The van der Waals surface area contributed by atoms with Crippen LogP contribution in [0.25, 0.3) is 0 Å². The zero-order chi connectivity index (χ0) is 14.7. The molecule has 0 amide bonds. The lowest BCUT2D eigenvalue weighted by Crippen LogP contribution is -2.32. The lowest BCUT2D eigenvalue weighted by Gasteiger charge is -2.31. The number of aromatic nitrogens is 2. The molecule has 112 valence electrons. The fourth-order valence-corrected chi connectivity index (χ4v) is 3.42. The van der Waals surface area contributed by atoms with Crippen LogP contribution in [-0.2, 0) is 19.9 Å². The van der Waals surface area contributed by atoms with E-state index in [1.54, 1.807) is 0 Å². The van der Waals surface area contributed by atoms with Crippen LogP contribution < -0.4 is 5.32 Å². The highest BCUT2D eigenvalue weighted by atomic mass is 15.3. The molecule has 2 aromatic rings. The lowest BCUT2D eigenvalue weighted by atomic mass is 9.79. The Morgan fingerprint density at radius 2 is 2.10 bits per heavy atom. The molecule has 0 saturated heterocycles. The van der Waals surface area contributed by atoms with Gasteiger partial charge in [0.1, 0.15) is 0 Å². The zero-order valence-electron chi connectivity index (χ0n) is 13.0. The second-order valence-electron chi connectivity index (χ2n) is 6.12. The van der Waals surface area contributed by atoms with Crippen LogP contribution in [0.2, 0.25) is 0 Å². The average molecular weight is 283 g/mol. The van der Waals surface area contributed by atoms with Crippen molar-refractivity contribution in [2.24, 2.45) is 13.0 Å². The molecule has 1 aromatic carbocycles. The Labute approximate surface area is 127 Å². The van der Waals surface area contributed by atoms with E-state index < -0.39 is 0 Å². The molecule has 0 saturated carbocycles. The SMILES string of the molecule is CCCNC(c1ccn(C)n1)C1CCc2ccccc2C1. The third-order valence-corrected chi connectivity index (χ3v) is 4.52. The van der Waals surface area contributed by atoms with Gasteiger partial charge in [-0.25, -0.2) is 0 Å². The number of benzene rings is 1. The largest absolute Gasteiger partial charge is 0.308 e. The van der Waals surface area contributed by atoms with Gasteiger partial charge in [-0.2, -0.15) is 5.10 Å². The van der Waals surface area contributed by atoms with Crippen molar-refractivity contribution in [3.8, 4) is 0 Å². The number of fused-ring (bicyclic) bond motifs is 1. The second-order valence-corrected chi connectivity index (χ2v) is 6.12. The monoisotopic (exact) mass is 283 g/mol. The molecule has 3 nitrogen and oxygen atoms in total. The summed E-state index contributed by atoms with van der Waals surface area (Å²) in [6.07, 6.45) is 6.81. The van der Waals surface area contributed by atoms with Crippen LogP contribution in [0.15, 0.2) is 36.5 Å². The summed E-state index contributed by atoms with van der Waals surface area (Å²) in [6.45, 7) is 3.28. The van der Waals surface area contributed by atoms with E-state index >= 15 is 0 Å². The van der Waals surface area contributed by atoms with E-state index in [2.05, 4.69) is 47.7 Å². The molecule has 2 atom stereocenters. The van der Waals surface area contributed by atoms with Crippen LogP contribution in [0, 0.1) is 5.92 Å². The summed E-state index contributed by atoms with van der Waals surface area (Å²) in [6, 6.07) is 11.4. The molecule has 0 fully saturated rings. The number of hydrogen-bond acceptors (Lipinski definition) is 2. The maximum atomic E-state index is 4.65. The van der Waals surface area contributed by atoms with Gasteiger partial charge >= 0.3 is 0 Å². The van der Waals surface area contributed by atoms with E-state index in [9.17, 15) is 0 Å². The van der Waals surface area contributed by atoms with Crippen LogP contribution in [0.4, 0.5) is 0 Å². The Hall–Kier alpha value is -1.61.